The molecule has 0 aromatic carbocycles. The fourth-order valence-electron chi connectivity index (χ4n) is 0.0854. The van der Waals surface area contributed by atoms with Gasteiger partial charge in [0.25, 0.3) is 0 Å². The van der Waals surface area contributed by atoms with Gasteiger partial charge in [-0.25, -0.2) is 0 Å². The van der Waals surface area contributed by atoms with Crippen molar-refractivity contribution in [2.45, 2.75) is 4.18 Å². The molecule has 0 nitrogen and oxygen atoms in total. The van der Waals surface area contributed by atoms with Crippen LogP contribution in [0.4, 0.5) is 0 Å². The molecule has 0 amide bonds. The Labute approximate surface area is 73.5 Å². The molecule has 32 valence electrons. The first kappa shape index (κ1) is 8.39. The van der Waals surface area contributed by atoms with Gasteiger partial charge in [-0.3, -0.25) is 0 Å². The molecule has 0 aromatic rings. The third-order valence-corrected chi connectivity index (χ3v) is 6.30. The molecule has 0 aliphatic rings. The van der Waals surface area contributed by atoms with Gasteiger partial charge in [0.2, 0.25) is 0 Å². The summed E-state index contributed by atoms with van der Waals surface area (Å²) in [6.45, 7) is 0. The quantitative estimate of drug-likeness (QED) is 0.431. The molecule has 0 spiro atoms. The van der Waals surface area contributed by atoms with E-state index in [0.717, 1.165) is 0 Å². The minimum atomic E-state index is 1.36. The van der Waals surface area contributed by atoms with Crippen LogP contribution in [-0.4, -0.2) is 51.7 Å². The molecular formula is C2H4InS2Sb. The summed E-state index contributed by atoms with van der Waals surface area (Å²) in [5.41, 5.74) is 0. The van der Waals surface area contributed by atoms with E-state index >= 15 is 0 Å². The summed E-state index contributed by atoms with van der Waals surface area (Å²) in [6.07, 6.45) is 0. The van der Waals surface area contributed by atoms with Gasteiger partial charge in [0.05, 0.1) is 0 Å². The van der Waals surface area contributed by atoms with Crippen LogP contribution < -0.4 is 0 Å². The maximum absolute atomic E-state index is 1.98. The monoisotopic (exact) mass is 328 g/mol. The summed E-state index contributed by atoms with van der Waals surface area (Å²) in [4.78, 5) is 0. The zero-order valence-electron chi connectivity index (χ0n) is 3.26. The van der Waals surface area contributed by atoms with Gasteiger partial charge in [-0.2, -0.15) is 0 Å². The Hall–Kier alpha value is 2.39. The van der Waals surface area contributed by atoms with E-state index in [9.17, 15) is 0 Å². The summed E-state index contributed by atoms with van der Waals surface area (Å²) in [6, 6.07) is 0. The standard InChI is InChI=1S/C2H5S2.In.Sb/c1-2-4-3;;/h3H,1-2H2;;/q;;+1/p-1. The second-order valence-corrected chi connectivity index (χ2v) is 8.11. The first-order valence-electron chi connectivity index (χ1n) is 1.55. The molecule has 0 saturated carbocycles. The molecule has 4 radical (unpaired) electrons. The van der Waals surface area contributed by atoms with Crippen molar-refractivity contribution in [3.05, 3.63) is 0 Å². The van der Waals surface area contributed by atoms with Crippen LogP contribution in [0.5, 0.6) is 0 Å². The van der Waals surface area contributed by atoms with Crippen molar-refractivity contribution in [3.8, 4) is 0 Å². The second-order valence-electron chi connectivity index (χ2n) is 0.685. The van der Waals surface area contributed by atoms with Crippen molar-refractivity contribution >= 4 is 64.7 Å². The average molecular weight is 329 g/mol. The van der Waals surface area contributed by atoms with E-state index in [1.807, 2.05) is 40.3 Å². The maximum atomic E-state index is 1.98. The average Bonchev–Trinajstić information content (AvgIpc) is 1.61. The predicted molar refractivity (Wildman–Crippen MR) is 36.4 cm³/mol. The molecule has 0 saturated heterocycles. The van der Waals surface area contributed by atoms with Crippen molar-refractivity contribution in [2.75, 3.05) is 5.75 Å². The summed E-state index contributed by atoms with van der Waals surface area (Å²) < 4.78 is 1.44. The molecule has 0 atom stereocenters. The Morgan fingerprint density at radius 1 is 1.67 bits per heavy atom. The zero-order valence-corrected chi connectivity index (χ0v) is 10.7. The Morgan fingerprint density at radius 3 is 2.50 bits per heavy atom. The Morgan fingerprint density at radius 2 is 2.33 bits per heavy atom. The predicted octanol–water partition coefficient (Wildman–Crippen LogP) is 1.04. The number of hydrogen-bond donors (Lipinski definition) is 0. The Kier molecular flexibility index (Phi) is 10.3. The molecule has 0 fully saturated rings. The van der Waals surface area contributed by atoms with Gasteiger partial charge in [0, 0.05) is 0 Å². The van der Waals surface area contributed by atoms with Gasteiger partial charge in [-0.15, -0.1) is 0 Å². The van der Waals surface area contributed by atoms with E-state index in [2.05, 4.69) is 0 Å². The van der Waals surface area contributed by atoms with Crippen LogP contribution in [0.3, 0.4) is 0 Å². The van der Waals surface area contributed by atoms with Crippen molar-refractivity contribution in [3.63, 3.8) is 0 Å². The first-order valence-corrected chi connectivity index (χ1v) is 9.28. The fourth-order valence-corrected chi connectivity index (χ4v) is 5.15. The summed E-state index contributed by atoms with van der Waals surface area (Å²) in [5.74, 6) is 1.36. The number of rotatable bonds is 3. The zero-order chi connectivity index (χ0) is 4.83. The minimum absolute atomic E-state index is 1.36. The second kappa shape index (κ2) is 7.39. The molecule has 0 aliphatic heterocycles. The van der Waals surface area contributed by atoms with Crippen molar-refractivity contribution in [2.24, 2.45) is 0 Å². The van der Waals surface area contributed by atoms with Crippen LogP contribution in [0.1, 0.15) is 0 Å². The van der Waals surface area contributed by atoms with Gasteiger partial charge < -0.3 is 0 Å². The molecule has 6 heavy (non-hydrogen) atoms. The van der Waals surface area contributed by atoms with Crippen molar-refractivity contribution in [1.29, 1.82) is 0 Å². The van der Waals surface area contributed by atoms with Crippen LogP contribution in [0, 0.1) is 0 Å². The molecule has 0 heterocycles. The van der Waals surface area contributed by atoms with Gasteiger partial charge in [0.1, 0.15) is 0 Å². The van der Waals surface area contributed by atoms with E-state index in [-0.39, 0.29) is 0 Å². The topological polar surface area (TPSA) is 0 Å². The van der Waals surface area contributed by atoms with Gasteiger partial charge in [-0.05, 0) is 0 Å². The van der Waals surface area contributed by atoms with E-state index < -0.39 is 0 Å². The molecule has 0 aliphatic carbocycles. The fraction of sp³-hybridized carbons (Fsp3) is 1.00. The Bertz CT molecular complexity index is 23.5. The van der Waals surface area contributed by atoms with Gasteiger partial charge in [-0.1, -0.05) is 0 Å². The van der Waals surface area contributed by atoms with E-state index in [1.54, 1.807) is 0 Å². The van der Waals surface area contributed by atoms with E-state index in [1.165, 1.54) is 34.3 Å². The molecule has 4 heteroatoms. The van der Waals surface area contributed by atoms with Gasteiger partial charge >= 0.3 is 74.6 Å². The van der Waals surface area contributed by atoms with Crippen molar-refractivity contribution in [1.82, 2.24) is 0 Å². The van der Waals surface area contributed by atoms with Crippen LogP contribution in [-0.2, 0) is 0 Å². The third-order valence-electron chi connectivity index (χ3n) is 0.254. The van der Waals surface area contributed by atoms with E-state index in [0.29, 0.717) is 0 Å². The first-order chi connectivity index (χ1) is 2.91. The summed E-state index contributed by atoms with van der Waals surface area (Å²) in [7, 11) is 3.89. The molecule has 0 bridgehead atoms. The van der Waals surface area contributed by atoms with Gasteiger partial charge in [0.15, 0.2) is 0 Å². The SMILES string of the molecule is [In][CH2]CS[S][Sb]. The summed E-state index contributed by atoms with van der Waals surface area (Å²) >= 11 is 3.26. The molecular weight excluding hydrogens is 325 g/mol. The van der Waals surface area contributed by atoms with E-state index in [4.69, 9.17) is 0 Å². The Balaban J connectivity index is 2.34. The van der Waals surface area contributed by atoms with Crippen LogP contribution in [0.15, 0.2) is 0 Å². The molecule has 0 unspecified atom stereocenters. The summed E-state index contributed by atoms with van der Waals surface area (Å²) in [5, 5.41) is 0. The molecule has 0 aromatic heterocycles. The molecule has 0 N–H and O–H groups in total. The van der Waals surface area contributed by atoms with Crippen LogP contribution in [0.2, 0.25) is 4.18 Å². The third kappa shape index (κ3) is 6.39. The molecule has 0 rings (SSSR count). The normalized spacial score (nSPS) is 8.83. The number of hydrogen-bond acceptors (Lipinski definition) is 2. The van der Waals surface area contributed by atoms with Crippen LogP contribution in [0.25, 0.3) is 0 Å². The van der Waals surface area contributed by atoms with Crippen molar-refractivity contribution < 1.29 is 0 Å². The van der Waals surface area contributed by atoms with Crippen LogP contribution >= 0.6 is 18.7 Å².